The van der Waals surface area contributed by atoms with Crippen LogP contribution in [0.3, 0.4) is 0 Å². The minimum absolute atomic E-state index is 0.0993. The number of rotatable bonds is 5. The number of aryl methyl sites for hydroxylation is 1. The zero-order valence-corrected chi connectivity index (χ0v) is 15.6. The molecule has 2 heterocycles. The maximum Gasteiger partial charge on any atom is 0.236 e. The van der Waals surface area contributed by atoms with Gasteiger partial charge in [0.15, 0.2) is 0 Å². The summed E-state index contributed by atoms with van der Waals surface area (Å²) in [7, 11) is 1.98. The highest BCUT2D eigenvalue weighted by Gasteiger charge is 2.26. The summed E-state index contributed by atoms with van der Waals surface area (Å²) in [6.45, 7) is 9.42. The number of fused-ring (bicyclic) bond motifs is 1. The van der Waals surface area contributed by atoms with Crippen molar-refractivity contribution < 1.29 is 9.53 Å². The Hall–Kier alpha value is -1.92. The molecule has 0 radical (unpaired) electrons. The number of ether oxygens (including phenoxy) is 1. The fraction of sp³-hybridized carbons (Fsp3) is 0.579. The second kappa shape index (κ2) is 7.54. The van der Waals surface area contributed by atoms with Crippen LogP contribution in [0.4, 0.5) is 0 Å². The van der Waals surface area contributed by atoms with E-state index in [1.54, 1.807) is 0 Å². The summed E-state index contributed by atoms with van der Waals surface area (Å²) in [6.07, 6.45) is 0.199. The van der Waals surface area contributed by atoms with Gasteiger partial charge >= 0.3 is 0 Å². The zero-order valence-electron chi connectivity index (χ0n) is 15.6. The first-order valence-corrected chi connectivity index (χ1v) is 9.03. The first-order valence-electron chi connectivity index (χ1n) is 9.03. The van der Waals surface area contributed by atoms with Crippen molar-refractivity contribution in [2.24, 2.45) is 0 Å². The van der Waals surface area contributed by atoms with E-state index in [1.807, 2.05) is 48.9 Å². The molecule has 1 saturated heterocycles. The van der Waals surface area contributed by atoms with Crippen LogP contribution in [-0.4, -0.2) is 64.1 Å². The van der Waals surface area contributed by atoms with E-state index in [0.29, 0.717) is 26.2 Å². The van der Waals surface area contributed by atoms with Crippen LogP contribution in [0.1, 0.15) is 26.6 Å². The quantitative estimate of drug-likeness (QED) is 0.834. The van der Waals surface area contributed by atoms with Crippen LogP contribution in [-0.2, 0) is 22.6 Å². The SMILES string of the molecule is CCn1c(CN(C)CC(=O)N2CC(C)OC(C)C2)nc2ccccc21. The smallest absolute Gasteiger partial charge is 0.236 e. The molecule has 1 aliphatic heterocycles. The van der Waals surface area contributed by atoms with Crippen LogP contribution in [0.15, 0.2) is 24.3 Å². The lowest BCUT2D eigenvalue weighted by molar-refractivity contribution is -0.144. The third-order valence-corrected chi connectivity index (χ3v) is 4.64. The zero-order chi connectivity index (χ0) is 18.0. The lowest BCUT2D eigenvalue weighted by atomic mass is 10.2. The summed E-state index contributed by atoms with van der Waals surface area (Å²) in [5, 5.41) is 0. The van der Waals surface area contributed by atoms with Crippen molar-refractivity contribution in [3.05, 3.63) is 30.1 Å². The van der Waals surface area contributed by atoms with E-state index in [-0.39, 0.29) is 18.1 Å². The van der Waals surface area contributed by atoms with E-state index in [4.69, 9.17) is 9.72 Å². The van der Waals surface area contributed by atoms with Gasteiger partial charge in [0.05, 0.1) is 36.3 Å². The second-order valence-corrected chi connectivity index (χ2v) is 6.99. The first-order chi connectivity index (χ1) is 12.0. The number of nitrogens with zero attached hydrogens (tertiary/aromatic N) is 4. The topological polar surface area (TPSA) is 50.6 Å². The van der Waals surface area contributed by atoms with Gasteiger partial charge in [-0.2, -0.15) is 0 Å². The fourth-order valence-electron chi connectivity index (χ4n) is 3.61. The van der Waals surface area contributed by atoms with Crippen LogP contribution in [0.25, 0.3) is 11.0 Å². The molecule has 1 fully saturated rings. The Morgan fingerprint density at radius 1 is 1.28 bits per heavy atom. The largest absolute Gasteiger partial charge is 0.372 e. The highest BCUT2D eigenvalue weighted by molar-refractivity contribution is 5.78. The molecule has 6 nitrogen and oxygen atoms in total. The number of hydrogen-bond donors (Lipinski definition) is 0. The highest BCUT2D eigenvalue weighted by Crippen LogP contribution is 2.17. The molecule has 2 unspecified atom stereocenters. The third kappa shape index (κ3) is 4.02. The molecule has 0 spiro atoms. The Bertz CT molecular complexity index is 732. The van der Waals surface area contributed by atoms with Gasteiger partial charge in [-0.05, 0) is 40.0 Å². The molecule has 2 atom stereocenters. The van der Waals surface area contributed by atoms with Gasteiger partial charge in [-0.25, -0.2) is 4.98 Å². The molecule has 0 bridgehead atoms. The number of hydrogen-bond acceptors (Lipinski definition) is 4. The second-order valence-electron chi connectivity index (χ2n) is 6.99. The molecule has 1 aliphatic rings. The molecular formula is C19H28N4O2. The van der Waals surface area contributed by atoms with E-state index >= 15 is 0 Å². The Labute approximate surface area is 149 Å². The normalized spacial score (nSPS) is 21.2. The van der Waals surface area contributed by atoms with Crippen molar-refractivity contribution >= 4 is 16.9 Å². The molecule has 1 aromatic heterocycles. The average molecular weight is 344 g/mol. The number of carbonyl (C=O) groups excluding carboxylic acids is 1. The van der Waals surface area contributed by atoms with E-state index in [1.165, 1.54) is 0 Å². The number of benzene rings is 1. The van der Waals surface area contributed by atoms with Gasteiger partial charge in [0, 0.05) is 19.6 Å². The summed E-state index contributed by atoms with van der Waals surface area (Å²) in [5.41, 5.74) is 2.16. The number of amides is 1. The number of likely N-dealkylation sites (N-methyl/N-ethyl adjacent to an activating group) is 1. The Kier molecular flexibility index (Phi) is 5.39. The predicted octanol–water partition coefficient (Wildman–Crippen LogP) is 2.12. The lowest BCUT2D eigenvalue weighted by Gasteiger charge is -2.36. The summed E-state index contributed by atoms with van der Waals surface area (Å²) in [4.78, 5) is 21.3. The summed E-state index contributed by atoms with van der Waals surface area (Å²) < 4.78 is 7.93. The molecule has 0 aliphatic carbocycles. The average Bonchev–Trinajstić information content (AvgIpc) is 2.90. The van der Waals surface area contributed by atoms with Crippen molar-refractivity contribution in [2.45, 2.75) is 46.1 Å². The van der Waals surface area contributed by atoms with Crippen molar-refractivity contribution in [3.63, 3.8) is 0 Å². The van der Waals surface area contributed by atoms with Crippen molar-refractivity contribution in [1.82, 2.24) is 19.4 Å². The molecule has 1 aromatic carbocycles. The Balaban J connectivity index is 1.66. The van der Waals surface area contributed by atoms with Gasteiger partial charge in [-0.15, -0.1) is 0 Å². The summed E-state index contributed by atoms with van der Waals surface area (Å²) in [6, 6.07) is 8.17. The number of carbonyl (C=O) groups is 1. The maximum atomic E-state index is 12.6. The third-order valence-electron chi connectivity index (χ3n) is 4.64. The molecule has 136 valence electrons. The number of morpholine rings is 1. The number of aromatic nitrogens is 2. The molecular weight excluding hydrogens is 316 g/mol. The minimum atomic E-state index is 0.0993. The van der Waals surface area contributed by atoms with E-state index in [0.717, 1.165) is 23.4 Å². The van der Waals surface area contributed by atoms with Crippen LogP contribution in [0, 0.1) is 0 Å². The van der Waals surface area contributed by atoms with Gasteiger partial charge in [0.1, 0.15) is 5.82 Å². The van der Waals surface area contributed by atoms with Crippen LogP contribution in [0.5, 0.6) is 0 Å². The highest BCUT2D eigenvalue weighted by atomic mass is 16.5. The molecule has 0 N–H and O–H groups in total. The molecule has 3 rings (SSSR count). The summed E-state index contributed by atoms with van der Waals surface area (Å²) in [5.74, 6) is 1.16. The molecule has 25 heavy (non-hydrogen) atoms. The molecule has 2 aromatic rings. The van der Waals surface area contributed by atoms with Crippen molar-refractivity contribution in [1.29, 1.82) is 0 Å². The Morgan fingerprint density at radius 3 is 2.64 bits per heavy atom. The predicted molar refractivity (Wildman–Crippen MR) is 98.3 cm³/mol. The van der Waals surface area contributed by atoms with Gasteiger partial charge < -0.3 is 14.2 Å². The number of imidazole rings is 1. The monoisotopic (exact) mass is 344 g/mol. The van der Waals surface area contributed by atoms with Gasteiger partial charge in [-0.1, -0.05) is 12.1 Å². The fourth-order valence-corrected chi connectivity index (χ4v) is 3.61. The van der Waals surface area contributed by atoms with Gasteiger partial charge in [-0.3, -0.25) is 9.69 Å². The van der Waals surface area contributed by atoms with Crippen LogP contribution < -0.4 is 0 Å². The Morgan fingerprint density at radius 2 is 1.96 bits per heavy atom. The maximum absolute atomic E-state index is 12.6. The number of para-hydroxylation sites is 2. The minimum Gasteiger partial charge on any atom is -0.372 e. The van der Waals surface area contributed by atoms with Gasteiger partial charge in [0.25, 0.3) is 0 Å². The lowest BCUT2D eigenvalue weighted by Crippen LogP contribution is -2.50. The standard InChI is InChI=1S/C19H28N4O2/c1-5-23-17-9-7-6-8-16(17)20-18(23)12-21(4)13-19(24)22-10-14(2)25-15(3)11-22/h6-9,14-15H,5,10-13H2,1-4H3. The molecule has 1 amide bonds. The van der Waals surface area contributed by atoms with Crippen LogP contribution in [0.2, 0.25) is 0 Å². The van der Waals surface area contributed by atoms with Crippen molar-refractivity contribution in [2.75, 3.05) is 26.7 Å². The van der Waals surface area contributed by atoms with Gasteiger partial charge in [0.2, 0.25) is 5.91 Å². The van der Waals surface area contributed by atoms with Crippen LogP contribution >= 0.6 is 0 Å². The van der Waals surface area contributed by atoms with E-state index in [9.17, 15) is 4.79 Å². The van der Waals surface area contributed by atoms with E-state index in [2.05, 4.69) is 17.6 Å². The molecule has 6 heteroatoms. The first kappa shape index (κ1) is 17.9. The van der Waals surface area contributed by atoms with Crippen molar-refractivity contribution in [3.8, 4) is 0 Å². The molecule has 0 saturated carbocycles. The summed E-state index contributed by atoms with van der Waals surface area (Å²) >= 11 is 0. The van der Waals surface area contributed by atoms with E-state index < -0.39 is 0 Å².